The fourth-order valence-electron chi connectivity index (χ4n) is 5.64. The summed E-state index contributed by atoms with van der Waals surface area (Å²) < 4.78 is 3.11. The molecule has 0 saturated carbocycles. The fourth-order valence-corrected chi connectivity index (χ4v) is 5.64. The number of piperidine rings is 2. The SMILES string of the molecule is Cc1nn([C@H](C)C(=O)N2CCC(N3CCCCC3)CC2)c(=O)c2nn(-c3ccccc3)c(C)c12. The minimum Gasteiger partial charge on any atom is -0.341 e. The Hall–Kier alpha value is -3.00. The summed E-state index contributed by atoms with van der Waals surface area (Å²) in [6, 6.07) is 9.66. The molecule has 1 amide bonds. The Kier molecular flexibility index (Phi) is 6.25. The van der Waals surface area contributed by atoms with Gasteiger partial charge in [0.2, 0.25) is 5.91 Å². The van der Waals surface area contributed by atoms with Gasteiger partial charge in [-0.2, -0.15) is 10.2 Å². The average Bonchev–Trinajstić information content (AvgIpc) is 3.24. The molecule has 0 spiro atoms. The summed E-state index contributed by atoms with van der Waals surface area (Å²) in [6.07, 6.45) is 5.90. The summed E-state index contributed by atoms with van der Waals surface area (Å²) in [5, 5.41) is 9.96. The topological polar surface area (TPSA) is 76.3 Å². The maximum atomic E-state index is 13.4. The van der Waals surface area contributed by atoms with E-state index in [1.807, 2.05) is 49.1 Å². The lowest BCUT2D eigenvalue weighted by atomic mass is 9.99. The van der Waals surface area contributed by atoms with E-state index in [2.05, 4.69) is 15.1 Å². The van der Waals surface area contributed by atoms with Crippen LogP contribution in [0.25, 0.3) is 16.6 Å². The molecule has 0 unspecified atom stereocenters. The van der Waals surface area contributed by atoms with Gasteiger partial charge >= 0.3 is 0 Å². The lowest BCUT2D eigenvalue weighted by Gasteiger charge is -2.40. The van der Waals surface area contributed by atoms with E-state index in [9.17, 15) is 9.59 Å². The van der Waals surface area contributed by atoms with Gasteiger partial charge in [0.15, 0.2) is 5.52 Å². The second-order valence-corrected chi connectivity index (χ2v) is 9.72. The summed E-state index contributed by atoms with van der Waals surface area (Å²) in [5.41, 5.74) is 2.51. The number of benzene rings is 1. The van der Waals surface area contributed by atoms with Crippen LogP contribution in [0.1, 0.15) is 56.5 Å². The number of aromatic nitrogens is 4. The highest BCUT2D eigenvalue weighted by atomic mass is 16.2. The van der Waals surface area contributed by atoms with Crippen LogP contribution in [-0.2, 0) is 4.79 Å². The van der Waals surface area contributed by atoms with Crippen molar-refractivity contribution in [1.29, 1.82) is 0 Å². The molecule has 0 N–H and O–H groups in total. The number of para-hydroxylation sites is 1. The van der Waals surface area contributed by atoms with E-state index in [1.54, 1.807) is 11.6 Å². The van der Waals surface area contributed by atoms with Gasteiger partial charge in [-0.25, -0.2) is 9.36 Å². The van der Waals surface area contributed by atoms with E-state index < -0.39 is 6.04 Å². The van der Waals surface area contributed by atoms with Crippen LogP contribution in [0.15, 0.2) is 35.1 Å². The second-order valence-electron chi connectivity index (χ2n) is 9.72. The minimum atomic E-state index is -0.663. The summed E-state index contributed by atoms with van der Waals surface area (Å²) in [4.78, 5) is 31.3. The second kappa shape index (κ2) is 9.33. The van der Waals surface area contributed by atoms with Crippen LogP contribution < -0.4 is 5.56 Å². The van der Waals surface area contributed by atoms with Crippen LogP contribution in [-0.4, -0.2) is 67.5 Å². The molecule has 3 aromatic rings. The monoisotopic (exact) mass is 462 g/mol. The van der Waals surface area contributed by atoms with Gasteiger partial charge in [0.1, 0.15) is 6.04 Å². The highest BCUT2D eigenvalue weighted by molar-refractivity contribution is 5.84. The van der Waals surface area contributed by atoms with E-state index >= 15 is 0 Å². The number of amides is 1. The molecule has 180 valence electrons. The summed E-state index contributed by atoms with van der Waals surface area (Å²) >= 11 is 0. The molecule has 4 heterocycles. The fraction of sp³-hybridized carbons (Fsp3) is 0.538. The molecule has 8 nitrogen and oxygen atoms in total. The van der Waals surface area contributed by atoms with Crippen molar-refractivity contribution >= 4 is 16.8 Å². The van der Waals surface area contributed by atoms with Crippen molar-refractivity contribution in [1.82, 2.24) is 29.4 Å². The molecule has 0 aliphatic carbocycles. The molecule has 34 heavy (non-hydrogen) atoms. The Morgan fingerprint density at radius 3 is 2.32 bits per heavy atom. The maximum Gasteiger partial charge on any atom is 0.295 e. The lowest BCUT2D eigenvalue weighted by molar-refractivity contribution is -0.136. The summed E-state index contributed by atoms with van der Waals surface area (Å²) in [5.74, 6) is -0.0374. The number of hydrogen-bond acceptors (Lipinski definition) is 5. The first-order valence-corrected chi connectivity index (χ1v) is 12.5. The van der Waals surface area contributed by atoms with E-state index in [4.69, 9.17) is 0 Å². The Morgan fingerprint density at radius 1 is 0.971 bits per heavy atom. The Balaban J connectivity index is 1.38. The van der Waals surface area contributed by atoms with Gasteiger partial charge in [0.05, 0.1) is 22.5 Å². The van der Waals surface area contributed by atoms with Crippen molar-refractivity contribution in [2.45, 2.75) is 65.0 Å². The molecule has 2 saturated heterocycles. The van der Waals surface area contributed by atoms with Gasteiger partial charge in [0, 0.05) is 19.1 Å². The molecular weight excluding hydrogens is 428 g/mol. The molecule has 2 aliphatic heterocycles. The standard InChI is InChI=1S/C26H34N6O2/c1-18-23-19(2)31(22-10-6-4-7-11-22)28-24(23)26(34)32(27-18)20(3)25(33)30-16-12-21(13-17-30)29-14-8-5-9-15-29/h4,6-7,10-11,20-21H,5,8-9,12-17H2,1-3H3/t20-/m1/s1. The molecule has 2 fully saturated rings. The van der Waals surface area contributed by atoms with E-state index in [-0.39, 0.29) is 11.5 Å². The normalized spacial score (nSPS) is 19.0. The van der Waals surface area contributed by atoms with Crippen LogP contribution in [0.4, 0.5) is 0 Å². The van der Waals surface area contributed by atoms with E-state index in [1.165, 1.54) is 37.0 Å². The average molecular weight is 463 g/mol. The lowest BCUT2D eigenvalue weighted by Crippen LogP contribution is -2.50. The number of carbonyl (C=O) groups is 1. The number of nitrogens with zero attached hydrogens (tertiary/aromatic N) is 6. The van der Waals surface area contributed by atoms with Crippen LogP contribution in [0.2, 0.25) is 0 Å². The van der Waals surface area contributed by atoms with Crippen LogP contribution in [0.5, 0.6) is 0 Å². The van der Waals surface area contributed by atoms with Gasteiger partial charge in [-0.15, -0.1) is 0 Å². The van der Waals surface area contributed by atoms with E-state index in [0.29, 0.717) is 17.3 Å². The highest BCUT2D eigenvalue weighted by Crippen LogP contribution is 2.24. The Bertz CT molecular complexity index is 1230. The van der Waals surface area contributed by atoms with Gasteiger partial charge in [-0.1, -0.05) is 24.6 Å². The van der Waals surface area contributed by atoms with Crippen LogP contribution in [0.3, 0.4) is 0 Å². The molecule has 5 rings (SSSR count). The van der Waals surface area contributed by atoms with Gasteiger partial charge in [0.25, 0.3) is 5.56 Å². The zero-order valence-corrected chi connectivity index (χ0v) is 20.4. The van der Waals surface area contributed by atoms with Crippen molar-refractivity contribution in [3.63, 3.8) is 0 Å². The number of fused-ring (bicyclic) bond motifs is 1. The van der Waals surface area contributed by atoms with E-state index in [0.717, 1.165) is 42.7 Å². The number of carbonyl (C=O) groups excluding carboxylic acids is 1. The summed E-state index contributed by atoms with van der Waals surface area (Å²) in [6.45, 7) is 9.45. The number of likely N-dealkylation sites (tertiary alicyclic amines) is 2. The molecule has 0 radical (unpaired) electrons. The van der Waals surface area contributed by atoms with Crippen LogP contribution in [0, 0.1) is 13.8 Å². The number of hydrogen-bond donors (Lipinski definition) is 0. The Labute approximate surface area is 200 Å². The molecular formula is C26H34N6O2. The number of rotatable bonds is 4. The zero-order chi connectivity index (χ0) is 23.8. The summed E-state index contributed by atoms with van der Waals surface area (Å²) in [7, 11) is 0. The molecule has 1 atom stereocenters. The Morgan fingerprint density at radius 2 is 1.65 bits per heavy atom. The molecule has 2 aliphatic rings. The minimum absolute atomic E-state index is 0.0374. The molecule has 2 aromatic heterocycles. The van der Waals surface area contributed by atoms with Gasteiger partial charge in [-0.05, 0) is 71.7 Å². The zero-order valence-electron chi connectivity index (χ0n) is 20.4. The van der Waals surface area contributed by atoms with Crippen molar-refractivity contribution < 1.29 is 4.79 Å². The van der Waals surface area contributed by atoms with Crippen LogP contribution >= 0.6 is 0 Å². The third-order valence-corrected chi connectivity index (χ3v) is 7.55. The van der Waals surface area contributed by atoms with Crippen molar-refractivity contribution in [2.24, 2.45) is 0 Å². The third kappa shape index (κ3) is 4.04. The first-order valence-electron chi connectivity index (χ1n) is 12.5. The quantitative estimate of drug-likeness (QED) is 0.595. The first-order chi connectivity index (χ1) is 16.5. The van der Waals surface area contributed by atoms with Crippen molar-refractivity contribution in [3.8, 4) is 5.69 Å². The highest BCUT2D eigenvalue weighted by Gasteiger charge is 2.31. The third-order valence-electron chi connectivity index (χ3n) is 7.55. The van der Waals surface area contributed by atoms with Crippen molar-refractivity contribution in [3.05, 3.63) is 52.1 Å². The number of aryl methyl sites for hydroxylation is 2. The largest absolute Gasteiger partial charge is 0.341 e. The van der Waals surface area contributed by atoms with Gasteiger partial charge < -0.3 is 9.80 Å². The predicted molar refractivity (Wildman–Crippen MR) is 132 cm³/mol. The van der Waals surface area contributed by atoms with Gasteiger partial charge in [-0.3, -0.25) is 9.59 Å². The molecule has 0 bridgehead atoms. The smallest absolute Gasteiger partial charge is 0.295 e. The van der Waals surface area contributed by atoms with Crippen molar-refractivity contribution in [2.75, 3.05) is 26.2 Å². The predicted octanol–water partition coefficient (Wildman–Crippen LogP) is 3.24. The first kappa shape index (κ1) is 22.8. The molecule has 1 aromatic carbocycles. The maximum absolute atomic E-state index is 13.4. The molecule has 8 heteroatoms.